The van der Waals surface area contributed by atoms with E-state index in [-0.39, 0.29) is 5.56 Å². The zero-order valence-corrected chi connectivity index (χ0v) is 20.5. The van der Waals surface area contributed by atoms with Gasteiger partial charge in [0.05, 0.1) is 13.7 Å². The molecule has 7 nitrogen and oxygen atoms in total. The predicted octanol–water partition coefficient (Wildman–Crippen LogP) is 5.19. The van der Waals surface area contributed by atoms with Gasteiger partial charge in [0.25, 0.3) is 5.56 Å². The molecule has 35 heavy (non-hydrogen) atoms. The molecular formula is C26H20ClN3O4S. The Labute approximate surface area is 209 Å². The van der Waals surface area contributed by atoms with Crippen molar-refractivity contribution in [3.05, 3.63) is 91.7 Å². The lowest BCUT2D eigenvalue weighted by Gasteiger charge is -2.09. The number of rotatable bonds is 7. The average molecular weight is 506 g/mol. The lowest BCUT2D eigenvalue weighted by Crippen LogP contribution is -2.23. The molecule has 0 aliphatic rings. The Kier molecular flexibility index (Phi) is 6.39. The maximum absolute atomic E-state index is 12.9. The van der Waals surface area contributed by atoms with Crippen LogP contribution in [0.1, 0.15) is 24.1 Å². The first kappa shape index (κ1) is 22.9. The minimum atomic E-state index is -0.249. The number of methoxy groups -OCH3 is 1. The molecule has 9 heteroatoms. The number of nitrogens with zero attached hydrogens (tertiary/aromatic N) is 3. The Morgan fingerprint density at radius 1 is 1.11 bits per heavy atom. The fraction of sp³-hybridized carbons (Fsp3) is 0.115. The maximum atomic E-state index is 12.9. The summed E-state index contributed by atoms with van der Waals surface area (Å²) in [5, 5.41) is 4.97. The van der Waals surface area contributed by atoms with Crippen LogP contribution in [0.3, 0.4) is 0 Å². The standard InChI is InChI=1S/C26H20ClN3O4S/c1-3-33-21-10-7-16(13-22(21)32-2)8-12-24-28-26-30(29-24)25(31)23(35-26)15-19-9-11-20(34-19)17-5-4-6-18(27)14-17/h4-15H,3H2,1-2H3/b12-8+,23-15-. The van der Waals surface area contributed by atoms with Gasteiger partial charge in [-0.25, -0.2) is 0 Å². The summed E-state index contributed by atoms with van der Waals surface area (Å²) in [4.78, 5) is 17.8. The van der Waals surface area contributed by atoms with Crippen LogP contribution in [0.5, 0.6) is 11.5 Å². The van der Waals surface area contributed by atoms with Crippen LogP contribution in [0.25, 0.3) is 34.5 Å². The Bertz CT molecular complexity index is 1650. The normalized spacial score (nSPS) is 12.1. The molecule has 0 aliphatic carbocycles. The maximum Gasteiger partial charge on any atom is 0.291 e. The molecule has 0 saturated heterocycles. The number of benzene rings is 2. The van der Waals surface area contributed by atoms with E-state index in [1.54, 1.807) is 25.3 Å². The highest BCUT2D eigenvalue weighted by molar-refractivity contribution is 7.15. The van der Waals surface area contributed by atoms with Crippen LogP contribution in [-0.4, -0.2) is 28.3 Å². The minimum Gasteiger partial charge on any atom is -0.493 e. The molecular weight excluding hydrogens is 486 g/mol. The third kappa shape index (κ3) is 4.84. The Morgan fingerprint density at radius 2 is 2.00 bits per heavy atom. The van der Waals surface area contributed by atoms with Crippen LogP contribution in [0.4, 0.5) is 0 Å². The van der Waals surface area contributed by atoms with Crippen molar-refractivity contribution in [1.82, 2.24) is 14.6 Å². The van der Waals surface area contributed by atoms with Gasteiger partial charge in [0, 0.05) is 16.7 Å². The molecule has 0 unspecified atom stereocenters. The van der Waals surface area contributed by atoms with Crippen molar-refractivity contribution in [2.45, 2.75) is 6.92 Å². The molecule has 0 radical (unpaired) electrons. The molecule has 176 valence electrons. The average Bonchev–Trinajstić information content (AvgIpc) is 3.56. The number of ether oxygens (including phenoxy) is 2. The molecule has 0 aliphatic heterocycles. The van der Waals surface area contributed by atoms with Crippen molar-refractivity contribution < 1.29 is 13.9 Å². The van der Waals surface area contributed by atoms with Gasteiger partial charge < -0.3 is 13.9 Å². The third-order valence-electron chi connectivity index (χ3n) is 5.12. The lowest BCUT2D eigenvalue weighted by molar-refractivity contribution is 0.311. The van der Waals surface area contributed by atoms with Gasteiger partial charge >= 0.3 is 0 Å². The summed E-state index contributed by atoms with van der Waals surface area (Å²) in [7, 11) is 1.60. The van der Waals surface area contributed by atoms with Gasteiger partial charge in [0.1, 0.15) is 16.1 Å². The van der Waals surface area contributed by atoms with E-state index in [4.69, 9.17) is 25.5 Å². The van der Waals surface area contributed by atoms with Gasteiger partial charge in [-0.2, -0.15) is 9.50 Å². The van der Waals surface area contributed by atoms with Crippen molar-refractivity contribution in [1.29, 1.82) is 0 Å². The van der Waals surface area contributed by atoms with E-state index in [1.807, 2.05) is 61.5 Å². The number of furan rings is 1. The zero-order chi connectivity index (χ0) is 24.4. The van der Waals surface area contributed by atoms with E-state index < -0.39 is 0 Å². The molecule has 0 atom stereocenters. The molecule has 3 heterocycles. The topological polar surface area (TPSA) is 78.9 Å². The van der Waals surface area contributed by atoms with Crippen LogP contribution in [0.15, 0.2) is 63.8 Å². The highest BCUT2D eigenvalue weighted by Crippen LogP contribution is 2.29. The fourth-order valence-electron chi connectivity index (χ4n) is 3.51. The summed E-state index contributed by atoms with van der Waals surface area (Å²) in [5.74, 6) is 3.00. The summed E-state index contributed by atoms with van der Waals surface area (Å²) in [6.07, 6.45) is 5.30. The molecule has 0 saturated carbocycles. The number of halogens is 1. The van der Waals surface area contributed by atoms with Crippen molar-refractivity contribution in [2.75, 3.05) is 13.7 Å². The van der Waals surface area contributed by atoms with E-state index in [9.17, 15) is 4.79 Å². The minimum absolute atomic E-state index is 0.249. The molecule has 5 rings (SSSR count). The largest absolute Gasteiger partial charge is 0.493 e. The van der Waals surface area contributed by atoms with Crippen LogP contribution in [0, 0.1) is 0 Å². The fourth-order valence-corrected chi connectivity index (χ4v) is 4.59. The van der Waals surface area contributed by atoms with E-state index in [1.165, 1.54) is 15.9 Å². The number of fused-ring (bicyclic) bond motifs is 1. The summed E-state index contributed by atoms with van der Waals surface area (Å²) < 4.78 is 18.6. The van der Waals surface area contributed by atoms with Gasteiger partial charge in [-0.1, -0.05) is 47.2 Å². The zero-order valence-electron chi connectivity index (χ0n) is 18.9. The highest BCUT2D eigenvalue weighted by Gasteiger charge is 2.11. The summed E-state index contributed by atoms with van der Waals surface area (Å²) in [6.45, 7) is 2.48. The number of hydrogen-bond donors (Lipinski definition) is 0. The third-order valence-corrected chi connectivity index (χ3v) is 6.31. The van der Waals surface area contributed by atoms with Crippen molar-refractivity contribution in [3.63, 3.8) is 0 Å². The van der Waals surface area contributed by atoms with E-state index in [0.29, 0.717) is 50.0 Å². The van der Waals surface area contributed by atoms with Crippen molar-refractivity contribution in [2.24, 2.45) is 0 Å². The van der Waals surface area contributed by atoms with Crippen LogP contribution in [0.2, 0.25) is 5.02 Å². The molecule has 2 aromatic carbocycles. The van der Waals surface area contributed by atoms with Gasteiger partial charge in [-0.05, 0) is 55.0 Å². The second kappa shape index (κ2) is 9.77. The Balaban J connectivity index is 1.39. The summed E-state index contributed by atoms with van der Waals surface area (Å²) in [5.41, 5.74) is 1.51. The quantitative estimate of drug-likeness (QED) is 0.303. The lowest BCUT2D eigenvalue weighted by atomic mass is 10.2. The van der Waals surface area contributed by atoms with E-state index in [0.717, 1.165) is 11.1 Å². The smallest absolute Gasteiger partial charge is 0.291 e. The van der Waals surface area contributed by atoms with Gasteiger partial charge in [-0.3, -0.25) is 4.79 Å². The van der Waals surface area contributed by atoms with Crippen molar-refractivity contribution in [3.8, 4) is 22.8 Å². The first-order chi connectivity index (χ1) is 17.0. The predicted molar refractivity (Wildman–Crippen MR) is 138 cm³/mol. The first-order valence-electron chi connectivity index (χ1n) is 10.8. The molecule has 0 spiro atoms. The molecule has 0 N–H and O–H groups in total. The Hall–Kier alpha value is -3.88. The van der Waals surface area contributed by atoms with Gasteiger partial charge in [-0.15, -0.1) is 5.10 Å². The van der Waals surface area contributed by atoms with E-state index in [2.05, 4.69) is 10.1 Å². The van der Waals surface area contributed by atoms with Gasteiger partial charge in [0.2, 0.25) is 4.96 Å². The van der Waals surface area contributed by atoms with Crippen molar-refractivity contribution >= 4 is 46.1 Å². The van der Waals surface area contributed by atoms with Gasteiger partial charge in [0.15, 0.2) is 17.3 Å². The highest BCUT2D eigenvalue weighted by atomic mass is 35.5. The molecule has 0 bridgehead atoms. The number of thiazole rings is 1. The van der Waals surface area contributed by atoms with E-state index >= 15 is 0 Å². The second-order valence-electron chi connectivity index (χ2n) is 7.47. The second-order valence-corrected chi connectivity index (χ2v) is 8.91. The molecule has 0 amide bonds. The van der Waals surface area contributed by atoms with Crippen LogP contribution < -0.4 is 19.6 Å². The SMILES string of the molecule is CCOc1ccc(/C=C/c2nc3s/c(=C\c4ccc(-c5cccc(Cl)c5)o4)c(=O)n3n2)cc1OC. The first-order valence-corrected chi connectivity index (χ1v) is 12.0. The number of hydrogen-bond acceptors (Lipinski definition) is 7. The van der Waals surface area contributed by atoms with Crippen LogP contribution in [-0.2, 0) is 0 Å². The van der Waals surface area contributed by atoms with Crippen LogP contribution >= 0.6 is 22.9 Å². The Morgan fingerprint density at radius 3 is 2.77 bits per heavy atom. The monoisotopic (exact) mass is 505 g/mol. The number of aromatic nitrogens is 3. The summed E-state index contributed by atoms with van der Waals surface area (Å²) in [6, 6.07) is 16.7. The molecule has 5 aromatic rings. The molecule has 0 fully saturated rings. The molecule has 3 aromatic heterocycles. The summed E-state index contributed by atoms with van der Waals surface area (Å²) >= 11 is 7.32.